The highest BCUT2D eigenvalue weighted by atomic mass is 32.2. The second-order valence-corrected chi connectivity index (χ2v) is 4.36. The van der Waals surface area contributed by atoms with E-state index in [1.807, 2.05) is 0 Å². The van der Waals surface area contributed by atoms with Gasteiger partial charge in [0.05, 0.1) is 16.8 Å². The lowest BCUT2D eigenvalue weighted by Crippen LogP contribution is -2.04. The summed E-state index contributed by atoms with van der Waals surface area (Å²) in [4.78, 5) is 28.1. The molecule has 0 unspecified atom stereocenters. The summed E-state index contributed by atoms with van der Waals surface area (Å²) in [6, 6.07) is 4.65. The molecule has 0 spiro atoms. The van der Waals surface area contributed by atoms with E-state index >= 15 is 0 Å². The molecule has 0 atom stereocenters. The van der Waals surface area contributed by atoms with E-state index in [9.17, 15) is 14.0 Å². The molecule has 2 N–H and O–H groups in total. The summed E-state index contributed by atoms with van der Waals surface area (Å²) in [5.41, 5.74) is -0.383. The van der Waals surface area contributed by atoms with Crippen molar-refractivity contribution >= 4 is 17.7 Å². The first-order chi connectivity index (χ1) is 8.56. The monoisotopic (exact) mass is 266 g/mol. The molecule has 0 aliphatic carbocycles. The molecular weight excluding hydrogens is 259 g/mol. The molecule has 0 radical (unpaired) electrons. The number of carbonyl (C=O) groups is 1. The van der Waals surface area contributed by atoms with Gasteiger partial charge in [-0.05, 0) is 18.2 Å². The van der Waals surface area contributed by atoms with E-state index in [-0.39, 0.29) is 16.0 Å². The van der Waals surface area contributed by atoms with Crippen LogP contribution in [0.3, 0.4) is 0 Å². The third-order valence-corrected chi connectivity index (χ3v) is 3.01. The predicted molar refractivity (Wildman–Crippen MR) is 62.3 cm³/mol. The fourth-order valence-corrected chi connectivity index (χ4v) is 2.08. The van der Waals surface area contributed by atoms with Crippen LogP contribution in [0.2, 0.25) is 0 Å². The standard InChI is InChI=1S/C11H7FN2O3S/c12-7-2-1-6(11(16)17)3-8(7)18-10-4-9(15)13-5-14-10/h1-5H,(H,16,17)(H,13,14,15). The number of halogens is 1. The topological polar surface area (TPSA) is 83.0 Å². The van der Waals surface area contributed by atoms with E-state index in [0.717, 1.165) is 17.8 Å². The molecule has 0 aliphatic rings. The minimum absolute atomic E-state index is 0.0243. The summed E-state index contributed by atoms with van der Waals surface area (Å²) >= 11 is 0.891. The zero-order valence-corrected chi connectivity index (χ0v) is 9.70. The van der Waals surface area contributed by atoms with Gasteiger partial charge in [-0.2, -0.15) is 0 Å². The van der Waals surface area contributed by atoms with Gasteiger partial charge in [0.1, 0.15) is 10.8 Å². The van der Waals surface area contributed by atoms with Crippen molar-refractivity contribution in [3.05, 3.63) is 52.3 Å². The van der Waals surface area contributed by atoms with Crippen molar-refractivity contribution in [3.8, 4) is 0 Å². The summed E-state index contributed by atoms with van der Waals surface area (Å²) in [5.74, 6) is -1.71. The van der Waals surface area contributed by atoms with Gasteiger partial charge in [0.25, 0.3) is 5.56 Å². The molecule has 0 fully saturated rings. The zero-order chi connectivity index (χ0) is 13.1. The van der Waals surface area contributed by atoms with Gasteiger partial charge in [-0.3, -0.25) is 4.79 Å². The van der Waals surface area contributed by atoms with Crippen LogP contribution in [0.15, 0.2) is 45.3 Å². The quantitative estimate of drug-likeness (QED) is 0.827. The molecule has 1 heterocycles. The highest BCUT2D eigenvalue weighted by molar-refractivity contribution is 7.99. The van der Waals surface area contributed by atoms with Crippen LogP contribution < -0.4 is 5.56 Å². The van der Waals surface area contributed by atoms with Crippen LogP contribution in [-0.4, -0.2) is 21.0 Å². The summed E-state index contributed by atoms with van der Waals surface area (Å²) < 4.78 is 13.5. The maximum atomic E-state index is 13.5. The van der Waals surface area contributed by atoms with Gasteiger partial charge < -0.3 is 10.1 Å². The Bertz CT molecular complexity index is 657. The molecule has 0 amide bonds. The SMILES string of the molecule is O=C(O)c1ccc(F)c(Sc2cc(=O)[nH]cn2)c1. The predicted octanol–water partition coefficient (Wildman–Crippen LogP) is 1.76. The Morgan fingerprint density at radius 3 is 2.83 bits per heavy atom. The molecule has 5 nitrogen and oxygen atoms in total. The van der Waals surface area contributed by atoms with Crippen molar-refractivity contribution < 1.29 is 14.3 Å². The maximum Gasteiger partial charge on any atom is 0.335 e. The van der Waals surface area contributed by atoms with Crippen molar-refractivity contribution in [1.82, 2.24) is 9.97 Å². The fourth-order valence-electron chi connectivity index (χ4n) is 1.23. The van der Waals surface area contributed by atoms with Crippen LogP contribution in [0.5, 0.6) is 0 Å². The van der Waals surface area contributed by atoms with E-state index in [4.69, 9.17) is 5.11 Å². The van der Waals surface area contributed by atoms with Crippen LogP contribution in [0.4, 0.5) is 4.39 Å². The molecule has 0 aliphatic heterocycles. The Morgan fingerprint density at radius 2 is 2.17 bits per heavy atom. The minimum Gasteiger partial charge on any atom is -0.478 e. The highest BCUT2D eigenvalue weighted by Gasteiger charge is 2.10. The lowest BCUT2D eigenvalue weighted by atomic mass is 10.2. The number of aromatic nitrogens is 2. The average Bonchev–Trinajstić information content (AvgIpc) is 2.31. The number of hydrogen-bond acceptors (Lipinski definition) is 4. The molecule has 0 saturated carbocycles. The largest absolute Gasteiger partial charge is 0.478 e. The van der Waals surface area contributed by atoms with Gasteiger partial charge in [-0.15, -0.1) is 0 Å². The van der Waals surface area contributed by atoms with Crippen LogP contribution in [-0.2, 0) is 0 Å². The smallest absolute Gasteiger partial charge is 0.335 e. The first-order valence-electron chi connectivity index (χ1n) is 4.81. The molecule has 2 rings (SSSR count). The van der Waals surface area contributed by atoms with Crippen LogP contribution >= 0.6 is 11.8 Å². The van der Waals surface area contributed by atoms with Gasteiger partial charge >= 0.3 is 5.97 Å². The molecular formula is C11H7FN2O3S. The van der Waals surface area contributed by atoms with E-state index in [1.54, 1.807) is 0 Å². The highest BCUT2D eigenvalue weighted by Crippen LogP contribution is 2.28. The molecule has 18 heavy (non-hydrogen) atoms. The number of benzene rings is 1. The van der Waals surface area contributed by atoms with Crippen molar-refractivity contribution in [3.63, 3.8) is 0 Å². The third kappa shape index (κ3) is 2.75. The summed E-state index contributed by atoms with van der Waals surface area (Å²) in [6.45, 7) is 0. The number of nitrogens with one attached hydrogen (secondary N) is 1. The van der Waals surface area contributed by atoms with Crippen LogP contribution in [0, 0.1) is 5.82 Å². The Morgan fingerprint density at radius 1 is 1.39 bits per heavy atom. The van der Waals surface area contributed by atoms with E-state index in [0.29, 0.717) is 5.03 Å². The zero-order valence-electron chi connectivity index (χ0n) is 8.88. The normalized spacial score (nSPS) is 10.3. The number of carboxylic acids is 1. The minimum atomic E-state index is -1.14. The third-order valence-electron chi connectivity index (χ3n) is 2.05. The first-order valence-corrected chi connectivity index (χ1v) is 5.63. The number of carboxylic acid groups (broad SMARTS) is 1. The second kappa shape index (κ2) is 5.01. The number of H-pyrrole nitrogens is 1. The van der Waals surface area contributed by atoms with Gasteiger partial charge in [0, 0.05) is 6.07 Å². The molecule has 2 aromatic rings. The molecule has 0 saturated heterocycles. The van der Waals surface area contributed by atoms with Crippen LogP contribution in [0.1, 0.15) is 10.4 Å². The maximum absolute atomic E-state index is 13.5. The molecule has 1 aromatic carbocycles. The van der Waals surface area contributed by atoms with E-state index < -0.39 is 11.8 Å². The van der Waals surface area contributed by atoms with Gasteiger partial charge in [0.15, 0.2) is 0 Å². The Balaban J connectivity index is 2.36. The van der Waals surface area contributed by atoms with Crippen molar-refractivity contribution in [2.75, 3.05) is 0 Å². The van der Waals surface area contributed by atoms with Gasteiger partial charge in [-0.25, -0.2) is 14.2 Å². The molecule has 0 bridgehead atoms. The summed E-state index contributed by atoms with van der Waals surface area (Å²) in [5, 5.41) is 9.10. The van der Waals surface area contributed by atoms with Crippen molar-refractivity contribution in [2.24, 2.45) is 0 Å². The average molecular weight is 266 g/mol. The second-order valence-electron chi connectivity index (χ2n) is 3.30. The fraction of sp³-hybridized carbons (Fsp3) is 0. The molecule has 7 heteroatoms. The first kappa shape index (κ1) is 12.3. The van der Waals surface area contributed by atoms with Crippen molar-refractivity contribution in [1.29, 1.82) is 0 Å². The summed E-state index contributed by atoms with van der Waals surface area (Å²) in [6.07, 6.45) is 1.20. The Labute approximate surface area is 105 Å². The Hall–Kier alpha value is -2.15. The Kier molecular flexibility index (Phi) is 3.42. The van der Waals surface area contributed by atoms with Gasteiger partial charge in [-0.1, -0.05) is 11.8 Å². The molecule has 1 aromatic heterocycles. The number of rotatable bonds is 3. The lowest BCUT2D eigenvalue weighted by Gasteiger charge is -2.03. The molecule has 92 valence electrons. The van der Waals surface area contributed by atoms with Crippen molar-refractivity contribution in [2.45, 2.75) is 9.92 Å². The number of nitrogens with zero attached hydrogens (tertiary/aromatic N) is 1. The van der Waals surface area contributed by atoms with E-state index in [2.05, 4.69) is 9.97 Å². The number of aromatic carboxylic acids is 1. The summed E-state index contributed by atoms with van der Waals surface area (Å²) in [7, 11) is 0. The number of hydrogen-bond donors (Lipinski definition) is 2. The number of aromatic amines is 1. The van der Waals surface area contributed by atoms with Crippen LogP contribution in [0.25, 0.3) is 0 Å². The van der Waals surface area contributed by atoms with Gasteiger partial charge in [0.2, 0.25) is 0 Å². The lowest BCUT2D eigenvalue weighted by molar-refractivity contribution is 0.0696. The van der Waals surface area contributed by atoms with E-state index in [1.165, 1.54) is 24.5 Å².